The Morgan fingerprint density at radius 1 is 1.48 bits per heavy atom. The first-order chi connectivity index (χ1) is 9.63. The summed E-state index contributed by atoms with van der Waals surface area (Å²) in [5.74, 6) is 0.318. The molecule has 21 heavy (non-hydrogen) atoms. The van der Waals surface area contributed by atoms with Gasteiger partial charge in [-0.25, -0.2) is 0 Å². The molecule has 0 aromatic rings. The lowest BCUT2D eigenvalue weighted by molar-refractivity contribution is -0.00351. The maximum absolute atomic E-state index is 10.3. The summed E-state index contributed by atoms with van der Waals surface area (Å²) in [7, 11) is 0. The quantitative estimate of drug-likeness (QED) is 0.542. The Morgan fingerprint density at radius 3 is 2.71 bits per heavy atom. The van der Waals surface area contributed by atoms with Crippen LogP contribution < -0.4 is 11.2 Å². The molecule has 0 aromatic heterocycles. The summed E-state index contributed by atoms with van der Waals surface area (Å²) >= 11 is 4.82. The molecule has 0 heterocycles. The van der Waals surface area contributed by atoms with Crippen molar-refractivity contribution in [2.75, 3.05) is 0 Å². The van der Waals surface area contributed by atoms with Crippen LogP contribution in [-0.2, 0) is 0 Å². The van der Waals surface area contributed by atoms with Crippen molar-refractivity contribution in [1.29, 1.82) is 0 Å². The number of hydrogen-bond donors (Lipinski definition) is 3. The Hall–Kier alpha value is -0.940. The van der Waals surface area contributed by atoms with Crippen LogP contribution in [0, 0.1) is 11.3 Å². The highest BCUT2D eigenvalue weighted by atomic mass is 32.1. The van der Waals surface area contributed by atoms with Crippen LogP contribution in [0.2, 0.25) is 0 Å². The van der Waals surface area contributed by atoms with Gasteiger partial charge in [0.2, 0.25) is 0 Å². The van der Waals surface area contributed by atoms with Crippen molar-refractivity contribution in [2.45, 2.75) is 65.4 Å². The number of allylic oxidation sites excluding steroid dienone is 2. The van der Waals surface area contributed by atoms with Gasteiger partial charge in [-0.3, -0.25) is 5.43 Å². The number of thiocarbonyl (C=S) groups is 1. The second-order valence-corrected chi connectivity index (χ2v) is 7.73. The third-order valence-corrected chi connectivity index (χ3v) is 5.41. The van der Waals surface area contributed by atoms with E-state index in [9.17, 15) is 5.11 Å². The van der Waals surface area contributed by atoms with Gasteiger partial charge in [-0.2, -0.15) is 5.10 Å². The van der Waals surface area contributed by atoms with Gasteiger partial charge in [-0.1, -0.05) is 12.5 Å². The van der Waals surface area contributed by atoms with Gasteiger partial charge in [-0.05, 0) is 82.0 Å². The minimum atomic E-state index is -0.625. The fourth-order valence-corrected chi connectivity index (χ4v) is 3.79. The monoisotopic (exact) mass is 309 g/mol. The Labute approximate surface area is 132 Å². The van der Waals surface area contributed by atoms with E-state index in [4.69, 9.17) is 18.0 Å². The van der Waals surface area contributed by atoms with E-state index < -0.39 is 5.60 Å². The molecular weight excluding hydrogens is 282 g/mol. The molecule has 4 N–H and O–H groups in total. The van der Waals surface area contributed by atoms with Gasteiger partial charge in [0.1, 0.15) is 0 Å². The zero-order valence-corrected chi connectivity index (χ0v) is 14.3. The number of hydrazone groups is 1. The Balaban J connectivity index is 2.31. The van der Waals surface area contributed by atoms with Crippen molar-refractivity contribution in [1.82, 2.24) is 5.43 Å². The highest BCUT2D eigenvalue weighted by Crippen LogP contribution is 2.52. The summed E-state index contributed by atoms with van der Waals surface area (Å²) in [5.41, 5.74) is 11.6. The van der Waals surface area contributed by atoms with Crippen LogP contribution in [0.4, 0.5) is 0 Å². The zero-order valence-electron chi connectivity index (χ0n) is 13.5. The maximum atomic E-state index is 10.3. The molecule has 2 aliphatic rings. The summed E-state index contributed by atoms with van der Waals surface area (Å²) < 4.78 is 0. The van der Waals surface area contributed by atoms with E-state index in [1.807, 2.05) is 13.8 Å². The Bertz CT molecular complexity index is 504. The first-order valence-corrected chi connectivity index (χ1v) is 8.09. The van der Waals surface area contributed by atoms with Gasteiger partial charge in [0.15, 0.2) is 5.11 Å². The molecule has 0 amide bonds. The third kappa shape index (κ3) is 3.46. The molecule has 0 bridgehead atoms. The maximum Gasteiger partial charge on any atom is 0.184 e. The molecule has 2 unspecified atom stereocenters. The zero-order chi connectivity index (χ0) is 15.8. The molecule has 1 fully saturated rings. The van der Waals surface area contributed by atoms with Crippen LogP contribution in [0.3, 0.4) is 0 Å². The van der Waals surface area contributed by atoms with Gasteiger partial charge < -0.3 is 10.8 Å². The van der Waals surface area contributed by atoms with E-state index in [0.29, 0.717) is 5.92 Å². The molecule has 5 heteroatoms. The Kier molecular flexibility index (Phi) is 4.45. The van der Waals surface area contributed by atoms with E-state index >= 15 is 0 Å². The number of fused-ring (bicyclic) bond motifs is 1. The molecule has 118 valence electrons. The standard InChI is InChI=1S/C16H27N3OS/c1-10-12-9-11(15(2,3)20)5-7-16(12,4)8-6-13(10)18-19-14(17)21/h11,20H,5-9H2,1-4H3,(H3,17,19,21). The lowest BCUT2D eigenvalue weighted by atomic mass is 9.59. The minimum absolute atomic E-state index is 0.201. The largest absolute Gasteiger partial charge is 0.390 e. The fourth-order valence-electron chi connectivity index (χ4n) is 3.74. The first kappa shape index (κ1) is 16.4. The summed E-state index contributed by atoms with van der Waals surface area (Å²) in [4.78, 5) is 0. The molecule has 0 saturated heterocycles. The summed E-state index contributed by atoms with van der Waals surface area (Å²) in [6, 6.07) is 0. The number of nitrogens with one attached hydrogen (secondary N) is 1. The summed E-state index contributed by atoms with van der Waals surface area (Å²) in [5, 5.41) is 14.9. The number of nitrogens with two attached hydrogens (primary N) is 1. The molecule has 0 aliphatic heterocycles. The molecule has 2 aliphatic carbocycles. The van der Waals surface area contributed by atoms with Crippen LogP contribution in [0.1, 0.15) is 59.8 Å². The van der Waals surface area contributed by atoms with E-state index in [1.165, 1.54) is 11.1 Å². The number of hydrogen-bond acceptors (Lipinski definition) is 3. The van der Waals surface area contributed by atoms with Gasteiger partial charge in [0.05, 0.1) is 11.3 Å². The Morgan fingerprint density at radius 2 is 2.14 bits per heavy atom. The molecule has 2 rings (SSSR count). The van der Waals surface area contributed by atoms with Crippen molar-refractivity contribution < 1.29 is 5.11 Å². The summed E-state index contributed by atoms with van der Waals surface area (Å²) in [6.07, 6.45) is 5.25. The van der Waals surface area contributed by atoms with Crippen LogP contribution in [-0.4, -0.2) is 21.5 Å². The molecule has 0 aromatic carbocycles. The normalized spacial score (nSPS) is 32.0. The van der Waals surface area contributed by atoms with E-state index in [2.05, 4.69) is 24.4 Å². The van der Waals surface area contributed by atoms with Gasteiger partial charge >= 0.3 is 0 Å². The first-order valence-electron chi connectivity index (χ1n) is 7.68. The van der Waals surface area contributed by atoms with Gasteiger partial charge in [0, 0.05) is 0 Å². The van der Waals surface area contributed by atoms with Crippen molar-refractivity contribution in [3.05, 3.63) is 11.1 Å². The average Bonchev–Trinajstić information content (AvgIpc) is 2.36. The lowest BCUT2D eigenvalue weighted by Crippen LogP contribution is -2.40. The van der Waals surface area contributed by atoms with Crippen molar-refractivity contribution in [2.24, 2.45) is 22.2 Å². The van der Waals surface area contributed by atoms with Crippen LogP contribution >= 0.6 is 12.2 Å². The van der Waals surface area contributed by atoms with E-state index in [0.717, 1.165) is 37.8 Å². The van der Waals surface area contributed by atoms with Crippen LogP contribution in [0.5, 0.6) is 0 Å². The number of aliphatic hydroxyl groups is 1. The average molecular weight is 309 g/mol. The van der Waals surface area contributed by atoms with E-state index in [1.54, 1.807) is 0 Å². The topological polar surface area (TPSA) is 70.6 Å². The molecule has 2 atom stereocenters. The fraction of sp³-hybridized carbons (Fsp3) is 0.750. The number of rotatable bonds is 2. The smallest absolute Gasteiger partial charge is 0.184 e. The van der Waals surface area contributed by atoms with Crippen molar-refractivity contribution in [3.63, 3.8) is 0 Å². The van der Waals surface area contributed by atoms with Gasteiger partial charge in [-0.15, -0.1) is 0 Å². The molecule has 1 saturated carbocycles. The lowest BCUT2D eigenvalue weighted by Gasteiger charge is -2.47. The molecule has 0 spiro atoms. The van der Waals surface area contributed by atoms with E-state index in [-0.39, 0.29) is 10.5 Å². The SMILES string of the molecule is CC1=C2CC(C(C)(C)O)CCC2(C)CCC1=NNC(N)=S. The third-order valence-electron chi connectivity index (χ3n) is 5.32. The summed E-state index contributed by atoms with van der Waals surface area (Å²) in [6.45, 7) is 8.33. The van der Waals surface area contributed by atoms with Crippen LogP contribution in [0.15, 0.2) is 16.2 Å². The predicted molar refractivity (Wildman–Crippen MR) is 91.0 cm³/mol. The van der Waals surface area contributed by atoms with Crippen LogP contribution in [0.25, 0.3) is 0 Å². The second-order valence-electron chi connectivity index (χ2n) is 7.29. The second kappa shape index (κ2) is 5.69. The molecule has 0 radical (unpaired) electrons. The van der Waals surface area contributed by atoms with Crippen molar-refractivity contribution >= 4 is 23.0 Å². The van der Waals surface area contributed by atoms with Gasteiger partial charge in [0.25, 0.3) is 0 Å². The molecule has 4 nitrogen and oxygen atoms in total. The predicted octanol–water partition coefficient (Wildman–Crippen LogP) is 2.86. The highest BCUT2D eigenvalue weighted by Gasteiger charge is 2.43. The minimum Gasteiger partial charge on any atom is -0.390 e. The molecular formula is C16H27N3OS. The highest BCUT2D eigenvalue weighted by molar-refractivity contribution is 7.80. The van der Waals surface area contributed by atoms with Crippen molar-refractivity contribution in [3.8, 4) is 0 Å². The number of nitrogens with zero attached hydrogens (tertiary/aromatic N) is 1.